The molecule has 0 bridgehead atoms. The maximum absolute atomic E-state index is 12.4. The molecule has 0 saturated heterocycles. The summed E-state index contributed by atoms with van der Waals surface area (Å²) < 4.78 is 10.5. The van der Waals surface area contributed by atoms with Crippen LogP contribution in [0.4, 0.5) is 5.00 Å². The minimum Gasteiger partial charge on any atom is -0.481 e. The highest BCUT2D eigenvalue weighted by Gasteiger charge is 2.24. The van der Waals surface area contributed by atoms with Crippen molar-refractivity contribution in [3.8, 4) is 5.75 Å². The maximum Gasteiger partial charge on any atom is 0.341 e. The largest absolute Gasteiger partial charge is 0.481 e. The van der Waals surface area contributed by atoms with Crippen LogP contribution < -0.4 is 10.1 Å². The molecule has 7 heteroatoms. The molecule has 1 heterocycles. The van der Waals surface area contributed by atoms with Crippen LogP contribution >= 0.6 is 22.9 Å². The van der Waals surface area contributed by atoms with Crippen molar-refractivity contribution in [3.05, 3.63) is 44.8 Å². The highest BCUT2D eigenvalue weighted by molar-refractivity contribution is 7.16. The first-order chi connectivity index (χ1) is 11.7. The third-order valence-electron chi connectivity index (χ3n) is 3.82. The fraction of sp³-hybridized carbons (Fsp3) is 0.333. The Hall–Kier alpha value is -2.05. The zero-order valence-electron chi connectivity index (χ0n) is 14.7. The summed E-state index contributed by atoms with van der Waals surface area (Å²) in [5, 5.41) is 3.86. The Balaban J connectivity index is 2.15. The Kier molecular flexibility index (Phi) is 6.08. The number of carbonyl (C=O) groups excluding carboxylic acids is 2. The van der Waals surface area contributed by atoms with E-state index in [0.29, 0.717) is 21.3 Å². The normalized spacial score (nSPS) is 11.8. The van der Waals surface area contributed by atoms with Crippen LogP contribution in [0.15, 0.2) is 18.2 Å². The number of hydrogen-bond acceptors (Lipinski definition) is 5. The third-order valence-corrected chi connectivity index (χ3v) is 5.37. The molecule has 0 aliphatic heterocycles. The lowest BCUT2D eigenvalue weighted by Crippen LogP contribution is -2.30. The van der Waals surface area contributed by atoms with Gasteiger partial charge in [0.2, 0.25) is 0 Å². The fourth-order valence-corrected chi connectivity index (χ4v) is 3.39. The number of aryl methyl sites for hydroxylation is 2. The molecule has 1 N–H and O–H groups in total. The molecule has 134 valence electrons. The predicted octanol–water partition coefficient (Wildman–Crippen LogP) is 4.52. The highest BCUT2D eigenvalue weighted by atomic mass is 35.5. The number of nitrogens with one attached hydrogen (secondary N) is 1. The average molecular weight is 382 g/mol. The number of thiophene rings is 1. The first-order valence-corrected chi connectivity index (χ1v) is 8.86. The monoisotopic (exact) mass is 381 g/mol. The smallest absolute Gasteiger partial charge is 0.341 e. The zero-order valence-corrected chi connectivity index (χ0v) is 16.3. The minimum atomic E-state index is -0.742. The Morgan fingerprint density at radius 3 is 2.52 bits per heavy atom. The van der Waals surface area contributed by atoms with Crippen molar-refractivity contribution < 1.29 is 19.1 Å². The van der Waals surface area contributed by atoms with E-state index in [1.807, 2.05) is 20.8 Å². The van der Waals surface area contributed by atoms with Crippen LogP contribution in [-0.4, -0.2) is 25.1 Å². The van der Waals surface area contributed by atoms with E-state index in [1.54, 1.807) is 25.1 Å². The van der Waals surface area contributed by atoms with Crippen molar-refractivity contribution in [2.24, 2.45) is 0 Å². The van der Waals surface area contributed by atoms with Gasteiger partial charge in [0.15, 0.2) is 6.10 Å². The quantitative estimate of drug-likeness (QED) is 0.773. The molecule has 0 radical (unpaired) electrons. The Labute approximate surface area is 155 Å². The second-order valence-corrected chi connectivity index (χ2v) is 7.27. The summed E-state index contributed by atoms with van der Waals surface area (Å²) in [6, 6.07) is 5.20. The molecule has 1 atom stereocenters. The summed E-state index contributed by atoms with van der Waals surface area (Å²) in [5.41, 5.74) is 2.05. The second kappa shape index (κ2) is 7.89. The lowest BCUT2D eigenvalue weighted by molar-refractivity contribution is -0.122. The number of hydrogen-bond donors (Lipinski definition) is 1. The van der Waals surface area contributed by atoms with Crippen LogP contribution in [0.1, 0.15) is 33.3 Å². The molecule has 0 unspecified atom stereocenters. The maximum atomic E-state index is 12.4. The van der Waals surface area contributed by atoms with Crippen molar-refractivity contribution in [1.82, 2.24) is 0 Å². The standard InChI is InChI=1S/C18H20ClNO4S/c1-9-8-13(6-7-14(9)19)24-11(3)16(21)20-17-15(18(22)23-5)10(2)12(4)25-17/h6-8,11H,1-5H3,(H,20,21)/t11-/m1/s1. The first-order valence-electron chi connectivity index (χ1n) is 7.66. The Bertz CT molecular complexity index is 816. The molecule has 0 spiro atoms. The Morgan fingerprint density at radius 2 is 1.92 bits per heavy atom. The molecule has 1 aromatic carbocycles. The van der Waals surface area contributed by atoms with Crippen molar-refractivity contribution in [2.45, 2.75) is 33.8 Å². The zero-order chi connectivity index (χ0) is 18.7. The van der Waals surface area contributed by atoms with Gasteiger partial charge in [-0.05, 0) is 57.0 Å². The van der Waals surface area contributed by atoms with E-state index in [0.717, 1.165) is 16.0 Å². The van der Waals surface area contributed by atoms with E-state index in [9.17, 15) is 9.59 Å². The van der Waals surface area contributed by atoms with E-state index in [-0.39, 0.29) is 5.91 Å². The fourth-order valence-electron chi connectivity index (χ4n) is 2.22. The van der Waals surface area contributed by atoms with Crippen LogP contribution in [0.5, 0.6) is 5.75 Å². The minimum absolute atomic E-state index is 0.348. The molecule has 0 saturated carbocycles. The van der Waals surface area contributed by atoms with E-state index in [1.165, 1.54) is 18.4 Å². The van der Waals surface area contributed by atoms with E-state index < -0.39 is 12.1 Å². The molecule has 0 fully saturated rings. The summed E-state index contributed by atoms with van der Waals surface area (Å²) in [4.78, 5) is 25.4. The van der Waals surface area contributed by atoms with Crippen molar-refractivity contribution in [1.29, 1.82) is 0 Å². The number of methoxy groups -OCH3 is 1. The lowest BCUT2D eigenvalue weighted by atomic mass is 10.1. The molecular formula is C18H20ClNO4S. The van der Waals surface area contributed by atoms with Gasteiger partial charge in [-0.3, -0.25) is 4.79 Å². The molecule has 1 aromatic heterocycles. The third kappa shape index (κ3) is 4.32. The second-order valence-electron chi connectivity index (χ2n) is 5.64. The van der Waals surface area contributed by atoms with Gasteiger partial charge in [-0.2, -0.15) is 0 Å². The number of esters is 1. The number of carbonyl (C=O) groups is 2. The number of ether oxygens (including phenoxy) is 2. The predicted molar refractivity (Wildman–Crippen MR) is 100 cm³/mol. The van der Waals surface area contributed by atoms with Gasteiger partial charge < -0.3 is 14.8 Å². The van der Waals surface area contributed by atoms with Gasteiger partial charge in [0, 0.05) is 9.90 Å². The molecular weight excluding hydrogens is 362 g/mol. The van der Waals surface area contributed by atoms with Gasteiger partial charge in [-0.25, -0.2) is 4.79 Å². The number of rotatable bonds is 5. The van der Waals surface area contributed by atoms with Crippen molar-refractivity contribution >= 4 is 39.8 Å². The lowest BCUT2D eigenvalue weighted by Gasteiger charge is -2.15. The summed E-state index contributed by atoms with van der Waals surface area (Å²) in [6.07, 6.45) is -0.742. The van der Waals surface area contributed by atoms with Crippen molar-refractivity contribution in [2.75, 3.05) is 12.4 Å². The summed E-state index contributed by atoms with van der Waals surface area (Å²) >= 11 is 7.32. The van der Waals surface area contributed by atoms with Crippen LogP contribution in [0, 0.1) is 20.8 Å². The molecule has 2 aromatic rings. The van der Waals surface area contributed by atoms with Gasteiger partial charge >= 0.3 is 5.97 Å². The van der Waals surface area contributed by atoms with Gasteiger partial charge in [-0.1, -0.05) is 11.6 Å². The van der Waals surface area contributed by atoms with Gasteiger partial charge in [0.1, 0.15) is 10.8 Å². The number of amides is 1. The molecule has 2 rings (SSSR count). The van der Waals surface area contributed by atoms with Crippen molar-refractivity contribution in [3.63, 3.8) is 0 Å². The van der Waals surface area contributed by atoms with Crippen LogP contribution in [0.2, 0.25) is 5.02 Å². The summed E-state index contributed by atoms with van der Waals surface area (Å²) in [6.45, 7) is 7.22. The summed E-state index contributed by atoms with van der Waals surface area (Å²) in [5.74, 6) is -0.269. The van der Waals surface area contributed by atoms with Crippen LogP contribution in [0.25, 0.3) is 0 Å². The van der Waals surface area contributed by atoms with Gasteiger partial charge in [0.25, 0.3) is 5.91 Å². The summed E-state index contributed by atoms with van der Waals surface area (Å²) in [7, 11) is 1.31. The molecule has 1 amide bonds. The topological polar surface area (TPSA) is 64.6 Å². The molecule has 5 nitrogen and oxygen atoms in total. The van der Waals surface area contributed by atoms with Crippen LogP contribution in [-0.2, 0) is 9.53 Å². The molecule has 25 heavy (non-hydrogen) atoms. The van der Waals surface area contributed by atoms with Crippen LogP contribution in [0.3, 0.4) is 0 Å². The first kappa shape index (κ1) is 19.3. The van der Waals surface area contributed by atoms with Gasteiger partial charge in [0.05, 0.1) is 12.7 Å². The number of halogens is 1. The van der Waals surface area contributed by atoms with E-state index >= 15 is 0 Å². The van der Waals surface area contributed by atoms with E-state index in [2.05, 4.69) is 5.32 Å². The molecule has 0 aliphatic carbocycles. The average Bonchev–Trinajstić information content (AvgIpc) is 2.84. The SMILES string of the molecule is COC(=O)c1c(NC(=O)[C@@H](C)Oc2ccc(Cl)c(C)c2)sc(C)c1C. The number of anilines is 1. The highest BCUT2D eigenvalue weighted by Crippen LogP contribution is 2.33. The van der Waals surface area contributed by atoms with E-state index in [4.69, 9.17) is 21.1 Å². The molecule has 0 aliphatic rings. The van der Waals surface area contributed by atoms with Gasteiger partial charge in [-0.15, -0.1) is 11.3 Å². The Morgan fingerprint density at radius 1 is 1.24 bits per heavy atom. The number of benzene rings is 1.